The molecule has 0 saturated heterocycles. The van der Waals surface area contributed by atoms with Crippen LogP contribution in [0.15, 0.2) is 12.7 Å². The lowest BCUT2D eigenvalue weighted by atomic mass is 9.88. The van der Waals surface area contributed by atoms with Crippen LogP contribution in [0.5, 0.6) is 0 Å². The maximum absolute atomic E-state index is 9.32. The van der Waals surface area contributed by atoms with Crippen molar-refractivity contribution in [2.45, 2.75) is 26.4 Å². The Morgan fingerprint density at radius 1 is 1.45 bits per heavy atom. The molecule has 0 bridgehead atoms. The van der Waals surface area contributed by atoms with Crippen molar-refractivity contribution < 1.29 is 10.2 Å². The molecule has 66 valence electrons. The molecule has 2 N–H and O–H groups in total. The van der Waals surface area contributed by atoms with E-state index in [2.05, 4.69) is 6.58 Å². The van der Waals surface area contributed by atoms with Crippen LogP contribution in [0.3, 0.4) is 0 Å². The van der Waals surface area contributed by atoms with Crippen molar-refractivity contribution in [3.63, 3.8) is 0 Å². The molecule has 0 aromatic rings. The summed E-state index contributed by atoms with van der Waals surface area (Å²) >= 11 is 0. The van der Waals surface area contributed by atoms with Gasteiger partial charge >= 0.3 is 0 Å². The first-order valence-corrected chi connectivity index (χ1v) is 4.03. The monoisotopic (exact) mass is 158 g/mol. The molecule has 0 aromatic heterocycles. The van der Waals surface area contributed by atoms with Crippen LogP contribution in [0, 0.1) is 11.8 Å². The molecule has 0 heterocycles. The Morgan fingerprint density at radius 2 is 2.00 bits per heavy atom. The van der Waals surface area contributed by atoms with Crippen molar-refractivity contribution in [3.05, 3.63) is 12.7 Å². The topological polar surface area (TPSA) is 40.5 Å². The third-order valence-corrected chi connectivity index (χ3v) is 1.98. The van der Waals surface area contributed by atoms with Gasteiger partial charge in [-0.3, -0.25) is 0 Å². The van der Waals surface area contributed by atoms with Gasteiger partial charge in [0, 0.05) is 0 Å². The predicted molar refractivity (Wildman–Crippen MR) is 46.2 cm³/mol. The molecular weight excluding hydrogens is 140 g/mol. The van der Waals surface area contributed by atoms with Crippen molar-refractivity contribution in [2.24, 2.45) is 11.8 Å². The van der Waals surface area contributed by atoms with Crippen LogP contribution in [0.2, 0.25) is 0 Å². The Kier molecular flexibility index (Phi) is 5.16. The minimum absolute atomic E-state index is 0.137. The molecular formula is C9H18O2. The van der Waals surface area contributed by atoms with Crippen LogP contribution in [0.25, 0.3) is 0 Å². The van der Waals surface area contributed by atoms with Gasteiger partial charge in [-0.2, -0.15) is 0 Å². The Hall–Kier alpha value is -0.340. The molecule has 0 radical (unpaired) electrons. The van der Waals surface area contributed by atoms with E-state index in [9.17, 15) is 5.11 Å². The molecule has 11 heavy (non-hydrogen) atoms. The smallest absolute Gasteiger partial charge is 0.0804 e. The summed E-state index contributed by atoms with van der Waals surface area (Å²) < 4.78 is 0. The number of aliphatic hydroxyl groups is 2. The van der Waals surface area contributed by atoms with Crippen molar-refractivity contribution in [1.29, 1.82) is 0 Å². The third-order valence-electron chi connectivity index (χ3n) is 1.98. The Labute approximate surface area is 68.6 Å². The van der Waals surface area contributed by atoms with Gasteiger partial charge in [-0.15, -0.1) is 6.58 Å². The molecule has 0 aromatic carbocycles. The van der Waals surface area contributed by atoms with Crippen molar-refractivity contribution in [1.82, 2.24) is 0 Å². The van der Waals surface area contributed by atoms with Crippen LogP contribution < -0.4 is 0 Å². The summed E-state index contributed by atoms with van der Waals surface area (Å²) in [7, 11) is 0. The Bertz CT molecular complexity index is 110. The first-order valence-electron chi connectivity index (χ1n) is 4.03. The van der Waals surface area contributed by atoms with Gasteiger partial charge in [-0.25, -0.2) is 0 Å². The average Bonchev–Trinajstić information content (AvgIpc) is 1.98. The zero-order chi connectivity index (χ0) is 8.85. The number of aliphatic hydroxyl groups excluding tert-OH is 2. The normalized spacial score (nSPS) is 16.5. The molecule has 0 aliphatic rings. The average molecular weight is 158 g/mol. The summed E-state index contributed by atoms with van der Waals surface area (Å²) in [4.78, 5) is 0. The maximum atomic E-state index is 9.32. The minimum Gasteiger partial charge on any atom is -0.394 e. The molecule has 2 heteroatoms. The van der Waals surface area contributed by atoms with Crippen LogP contribution in [0.4, 0.5) is 0 Å². The second kappa shape index (κ2) is 5.33. The number of rotatable bonds is 5. The standard InChI is InChI=1S/C9H18O2/c1-4-5-8(7(2)3)9(11)6-10/h4,7-11H,1,5-6H2,2-3H3/t8-,9+/m1/s1. The molecule has 2 atom stereocenters. The summed E-state index contributed by atoms with van der Waals surface area (Å²) in [5.74, 6) is 0.521. The largest absolute Gasteiger partial charge is 0.394 e. The van der Waals surface area contributed by atoms with Crippen LogP contribution >= 0.6 is 0 Å². The lowest BCUT2D eigenvalue weighted by Crippen LogP contribution is -2.27. The molecule has 0 unspecified atom stereocenters. The van der Waals surface area contributed by atoms with E-state index < -0.39 is 6.10 Å². The zero-order valence-electron chi connectivity index (χ0n) is 7.33. The van der Waals surface area contributed by atoms with E-state index in [4.69, 9.17) is 5.11 Å². The highest BCUT2D eigenvalue weighted by molar-refractivity contribution is 4.79. The van der Waals surface area contributed by atoms with E-state index in [1.807, 2.05) is 13.8 Å². The van der Waals surface area contributed by atoms with E-state index in [0.717, 1.165) is 6.42 Å². The van der Waals surface area contributed by atoms with Gasteiger partial charge in [0.1, 0.15) is 0 Å². The highest BCUT2D eigenvalue weighted by Crippen LogP contribution is 2.19. The highest BCUT2D eigenvalue weighted by Gasteiger charge is 2.19. The molecule has 2 nitrogen and oxygen atoms in total. The van der Waals surface area contributed by atoms with E-state index in [-0.39, 0.29) is 12.5 Å². The fourth-order valence-corrected chi connectivity index (χ4v) is 1.20. The first kappa shape index (κ1) is 10.7. The molecule has 0 saturated carbocycles. The fraction of sp³-hybridized carbons (Fsp3) is 0.778. The third kappa shape index (κ3) is 3.54. The first-order chi connectivity index (χ1) is 5.13. The number of hydrogen-bond donors (Lipinski definition) is 2. The van der Waals surface area contributed by atoms with Crippen molar-refractivity contribution in [2.75, 3.05) is 6.61 Å². The van der Waals surface area contributed by atoms with Gasteiger partial charge in [0.15, 0.2) is 0 Å². The van der Waals surface area contributed by atoms with E-state index in [1.54, 1.807) is 6.08 Å². The highest BCUT2D eigenvalue weighted by atomic mass is 16.3. The summed E-state index contributed by atoms with van der Waals surface area (Å²) in [6.45, 7) is 7.52. The van der Waals surface area contributed by atoms with Gasteiger partial charge in [0.25, 0.3) is 0 Å². The number of hydrogen-bond acceptors (Lipinski definition) is 2. The van der Waals surface area contributed by atoms with Gasteiger partial charge < -0.3 is 10.2 Å². The Balaban J connectivity index is 3.96. The zero-order valence-corrected chi connectivity index (χ0v) is 7.33. The van der Waals surface area contributed by atoms with Gasteiger partial charge in [-0.1, -0.05) is 19.9 Å². The lowest BCUT2D eigenvalue weighted by molar-refractivity contribution is 0.0303. The molecule has 0 amide bonds. The van der Waals surface area contributed by atoms with E-state index >= 15 is 0 Å². The second-order valence-electron chi connectivity index (χ2n) is 3.18. The fourth-order valence-electron chi connectivity index (χ4n) is 1.20. The lowest BCUT2D eigenvalue weighted by Gasteiger charge is -2.23. The molecule has 0 fully saturated rings. The van der Waals surface area contributed by atoms with Gasteiger partial charge in [0.2, 0.25) is 0 Å². The van der Waals surface area contributed by atoms with E-state index in [1.165, 1.54) is 0 Å². The Morgan fingerprint density at radius 3 is 2.27 bits per heavy atom. The summed E-state index contributed by atoms with van der Waals surface area (Å²) in [6, 6.07) is 0. The maximum Gasteiger partial charge on any atom is 0.0804 e. The summed E-state index contributed by atoms with van der Waals surface area (Å²) in [5.41, 5.74) is 0. The van der Waals surface area contributed by atoms with Gasteiger partial charge in [0.05, 0.1) is 12.7 Å². The summed E-state index contributed by atoms with van der Waals surface area (Å²) in [5, 5.41) is 18.0. The van der Waals surface area contributed by atoms with Crippen LogP contribution in [-0.2, 0) is 0 Å². The molecule has 0 spiro atoms. The molecule has 0 aliphatic heterocycles. The van der Waals surface area contributed by atoms with Crippen LogP contribution in [-0.4, -0.2) is 22.9 Å². The van der Waals surface area contributed by atoms with Gasteiger partial charge in [-0.05, 0) is 18.3 Å². The second-order valence-corrected chi connectivity index (χ2v) is 3.18. The number of allylic oxidation sites excluding steroid dienone is 1. The SMILES string of the molecule is C=CC[C@H](C(C)C)[C@@H](O)CO. The van der Waals surface area contributed by atoms with Crippen molar-refractivity contribution in [3.8, 4) is 0 Å². The predicted octanol–water partition coefficient (Wildman–Crippen LogP) is 1.19. The molecule has 0 rings (SSSR count). The van der Waals surface area contributed by atoms with E-state index in [0.29, 0.717) is 5.92 Å². The summed E-state index contributed by atoms with van der Waals surface area (Å²) in [6.07, 6.45) is 1.94. The quantitative estimate of drug-likeness (QED) is 0.590. The van der Waals surface area contributed by atoms with Crippen LogP contribution in [0.1, 0.15) is 20.3 Å². The molecule has 0 aliphatic carbocycles. The minimum atomic E-state index is -0.604. The van der Waals surface area contributed by atoms with Crippen molar-refractivity contribution >= 4 is 0 Å².